The van der Waals surface area contributed by atoms with Crippen LogP contribution < -0.4 is 10.6 Å². The summed E-state index contributed by atoms with van der Waals surface area (Å²) in [5, 5.41) is 14.7. The highest BCUT2D eigenvalue weighted by molar-refractivity contribution is 5.91. The monoisotopic (exact) mass is 768 g/mol. The quantitative estimate of drug-likeness (QED) is 0.126. The summed E-state index contributed by atoms with van der Waals surface area (Å²) >= 11 is 0. The van der Waals surface area contributed by atoms with Gasteiger partial charge in [0.15, 0.2) is 0 Å². The first-order valence-corrected chi connectivity index (χ1v) is 18.7. The van der Waals surface area contributed by atoms with E-state index in [9.17, 15) is 29.1 Å². The Morgan fingerprint density at radius 3 is 1.46 bits per heavy atom. The lowest BCUT2D eigenvalue weighted by atomic mass is 10.0. The number of alkyl carbamates (subject to hydrolysis) is 2. The molecule has 2 aromatic heterocycles. The molecule has 5 N–H and O–H groups in total. The molecule has 0 radical (unpaired) electrons. The van der Waals surface area contributed by atoms with Crippen LogP contribution >= 0.6 is 0 Å². The van der Waals surface area contributed by atoms with E-state index in [2.05, 4.69) is 35.3 Å². The van der Waals surface area contributed by atoms with Crippen LogP contribution in [0.4, 0.5) is 9.59 Å². The first-order valence-electron chi connectivity index (χ1n) is 18.7. The summed E-state index contributed by atoms with van der Waals surface area (Å²) in [5.41, 5.74) is 5.47. The van der Waals surface area contributed by atoms with Gasteiger partial charge in [0.1, 0.15) is 23.7 Å². The molecule has 296 valence electrons. The van der Waals surface area contributed by atoms with E-state index in [0.29, 0.717) is 37.6 Å². The number of likely N-dealkylation sites (tertiary alicyclic amines) is 2. The molecule has 16 nitrogen and oxygen atoms in total. The van der Waals surface area contributed by atoms with Gasteiger partial charge in [-0.25, -0.2) is 19.6 Å². The van der Waals surface area contributed by atoms with Crippen molar-refractivity contribution in [3.63, 3.8) is 0 Å². The molecule has 0 aliphatic carbocycles. The van der Waals surface area contributed by atoms with Gasteiger partial charge in [0.25, 0.3) is 0 Å². The van der Waals surface area contributed by atoms with Gasteiger partial charge >= 0.3 is 18.2 Å². The van der Waals surface area contributed by atoms with Crippen LogP contribution in [-0.2, 0) is 23.9 Å². The minimum Gasteiger partial charge on any atom is -0.481 e. The summed E-state index contributed by atoms with van der Waals surface area (Å²) in [7, 11) is 2.43. The Balaban J connectivity index is 1.11. The number of rotatable bonds is 12. The molecule has 2 aliphatic heterocycles. The summed E-state index contributed by atoms with van der Waals surface area (Å²) in [6.45, 7) is 6.13. The summed E-state index contributed by atoms with van der Waals surface area (Å²) < 4.78 is 9.38. The van der Waals surface area contributed by atoms with Crippen LogP contribution in [0.2, 0.25) is 0 Å². The molecule has 4 heterocycles. The second-order valence-electron chi connectivity index (χ2n) is 14.5. The van der Waals surface area contributed by atoms with Gasteiger partial charge in [-0.3, -0.25) is 14.4 Å². The molecule has 5 atom stereocenters. The number of imidazole rings is 2. The summed E-state index contributed by atoms with van der Waals surface area (Å²) in [6, 6.07) is 13.5. The summed E-state index contributed by atoms with van der Waals surface area (Å²) in [6.07, 6.45) is 4.90. The van der Waals surface area contributed by atoms with Gasteiger partial charge in [-0.2, -0.15) is 0 Å². The molecule has 2 fully saturated rings. The number of nitrogens with zero attached hydrogens (tertiary/aromatic N) is 4. The van der Waals surface area contributed by atoms with Crippen molar-refractivity contribution in [1.82, 2.24) is 40.4 Å². The maximum absolute atomic E-state index is 13.6. The van der Waals surface area contributed by atoms with Crippen molar-refractivity contribution in [3.8, 4) is 33.6 Å². The minimum atomic E-state index is -1.30. The van der Waals surface area contributed by atoms with E-state index in [1.54, 1.807) is 22.2 Å². The highest BCUT2D eigenvalue weighted by atomic mass is 16.5. The summed E-state index contributed by atoms with van der Waals surface area (Å²) in [5.74, 6) is -1.88. The van der Waals surface area contributed by atoms with Crippen molar-refractivity contribution in [2.45, 2.75) is 70.6 Å². The van der Waals surface area contributed by atoms with Crippen molar-refractivity contribution >= 4 is 30.0 Å². The van der Waals surface area contributed by atoms with Gasteiger partial charge in [-0.05, 0) is 60.8 Å². The number of carbonyl (C=O) groups excluding carboxylic acids is 4. The number of H-pyrrole nitrogens is 2. The third kappa shape index (κ3) is 8.38. The van der Waals surface area contributed by atoms with Crippen LogP contribution in [0.5, 0.6) is 0 Å². The molecule has 1 unspecified atom stereocenters. The zero-order valence-electron chi connectivity index (χ0n) is 32.1. The second-order valence-corrected chi connectivity index (χ2v) is 14.5. The second kappa shape index (κ2) is 17.1. The zero-order chi connectivity index (χ0) is 40.1. The van der Waals surface area contributed by atoms with E-state index >= 15 is 0 Å². The Morgan fingerprint density at radius 2 is 1.07 bits per heavy atom. The van der Waals surface area contributed by atoms with Gasteiger partial charge in [0.05, 0.1) is 56.0 Å². The lowest BCUT2D eigenvalue weighted by Gasteiger charge is -2.30. The first-order chi connectivity index (χ1) is 26.9. The summed E-state index contributed by atoms with van der Waals surface area (Å²) in [4.78, 5) is 82.1. The number of carbonyl (C=O) groups is 5. The lowest BCUT2D eigenvalue weighted by Crippen LogP contribution is -2.53. The number of ether oxygens (including phenoxy) is 2. The Labute approximate surface area is 324 Å². The number of aliphatic carboxylic acids is 1. The van der Waals surface area contributed by atoms with E-state index in [-0.39, 0.29) is 17.9 Å². The number of amides is 4. The predicted octanol–water partition coefficient (Wildman–Crippen LogP) is 5.29. The third-order valence-electron chi connectivity index (χ3n) is 10.6. The number of benzene rings is 2. The molecule has 0 spiro atoms. The van der Waals surface area contributed by atoms with E-state index in [0.717, 1.165) is 53.6 Å². The van der Waals surface area contributed by atoms with E-state index in [1.165, 1.54) is 14.0 Å². The van der Waals surface area contributed by atoms with Crippen LogP contribution in [0.1, 0.15) is 70.2 Å². The molecular weight excluding hydrogens is 720 g/mol. The van der Waals surface area contributed by atoms with E-state index < -0.39 is 48.1 Å². The fourth-order valence-corrected chi connectivity index (χ4v) is 7.41. The Morgan fingerprint density at radius 1 is 0.679 bits per heavy atom. The van der Waals surface area contributed by atoms with Crippen molar-refractivity contribution in [1.29, 1.82) is 0 Å². The van der Waals surface area contributed by atoms with Gasteiger partial charge in [-0.15, -0.1) is 0 Å². The van der Waals surface area contributed by atoms with Crippen molar-refractivity contribution in [2.24, 2.45) is 11.8 Å². The minimum absolute atomic E-state index is 0.119. The third-order valence-corrected chi connectivity index (χ3v) is 10.6. The molecule has 2 aliphatic rings. The number of aromatic amines is 2. The molecule has 0 bridgehead atoms. The molecule has 4 amide bonds. The van der Waals surface area contributed by atoms with Gasteiger partial charge in [0.2, 0.25) is 11.8 Å². The average Bonchev–Trinajstić information content (AvgIpc) is 4.05. The largest absolute Gasteiger partial charge is 0.481 e. The van der Waals surface area contributed by atoms with Crippen LogP contribution in [-0.4, -0.2) is 104 Å². The SMILES string of the molecule is COC(=O)N[C@H](C(=O)N1CCC[C@H]1c1ncc(-c2ccc(-c3ccc(-c4cnc([C@@H]5CCCN5C(=O)[C@@H](NC(=O)OC)C(C)C(=O)O)[nH]4)cc3)cc2)[nH]1)C(C)C. The number of nitrogens with one attached hydrogen (secondary N) is 4. The molecule has 6 rings (SSSR count). The molecule has 16 heteroatoms. The van der Waals surface area contributed by atoms with Crippen LogP contribution in [0.25, 0.3) is 33.6 Å². The number of hydrogen-bond donors (Lipinski definition) is 5. The fourth-order valence-electron chi connectivity index (χ4n) is 7.41. The van der Waals surface area contributed by atoms with Crippen LogP contribution in [0, 0.1) is 11.8 Å². The molecule has 4 aromatic rings. The smallest absolute Gasteiger partial charge is 0.407 e. The first kappa shape index (κ1) is 39.5. The molecule has 0 saturated carbocycles. The molecular formula is C40H48N8O8. The van der Waals surface area contributed by atoms with Crippen LogP contribution in [0.15, 0.2) is 60.9 Å². The highest BCUT2D eigenvalue weighted by Gasteiger charge is 2.41. The Hall–Kier alpha value is -6.19. The normalized spacial score (nSPS) is 18.3. The number of carboxylic acid groups (broad SMARTS) is 1. The van der Waals surface area contributed by atoms with Crippen LogP contribution in [0.3, 0.4) is 0 Å². The predicted molar refractivity (Wildman–Crippen MR) is 205 cm³/mol. The average molecular weight is 769 g/mol. The molecule has 2 saturated heterocycles. The van der Waals surface area contributed by atoms with E-state index in [4.69, 9.17) is 4.74 Å². The highest BCUT2D eigenvalue weighted by Crippen LogP contribution is 2.35. The number of aromatic nitrogens is 4. The standard InChI is InChI=1S/C40H48N8O8/c1-22(2)32(45-39(53)55-4)36(49)47-18-6-8-30(47)34-41-20-28(43-34)26-14-10-24(11-15-26)25-12-16-27(17-13-25)29-21-42-35(44-29)31-9-7-19-48(31)37(50)33(23(3)38(51)52)46-40(54)56-5/h10-17,20-23,30-33H,6-9,18-19H2,1-5H3,(H,41,43)(H,42,44)(H,45,53)(H,46,54)(H,51,52)/t23?,30-,31-,32-,33-/m0/s1. The number of methoxy groups -OCH3 is 2. The number of hydrogen-bond acceptors (Lipinski definition) is 9. The van der Waals surface area contributed by atoms with Crippen molar-refractivity contribution in [2.75, 3.05) is 27.3 Å². The van der Waals surface area contributed by atoms with Gasteiger partial charge in [-0.1, -0.05) is 62.4 Å². The van der Waals surface area contributed by atoms with Crippen molar-refractivity contribution < 1.29 is 38.6 Å². The Bertz CT molecular complexity index is 2040. The molecule has 56 heavy (non-hydrogen) atoms. The topological polar surface area (TPSA) is 212 Å². The molecule has 2 aromatic carbocycles. The number of carboxylic acids is 1. The lowest BCUT2D eigenvalue weighted by molar-refractivity contribution is -0.147. The van der Waals surface area contributed by atoms with E-state index in [1.807, 2.05) is 62.4 Å². The fraction of sp³-hybridized carbons (Fsp3) is 0.425. The van der Waals surface area contributed by atoms with Crippen molar-refractivity contribution in [3.05, 3.63) is 72.6 Å². The Kier molecular flexibility index (Phi) is 12.1. The maximum Gasteiger partial charge on any atom is 0.407 e. The maximum atomic E-state index is 13.6. The van der Waals surface area contributed by atoms with Gasteiger partial charge in [0, 0.05) is 13.1 Å². The zero-order valence-corrected chi connectivity index (χ0v) is 32.1. The van der Waals surface area contributed by atoms with Gasteiger partial charge < -0.3 is 45.0 Å².